The average molecular weight is 269 g/mol. The van der Waals surface area contributed by atoms with Crippen LogP contribution in [0.5, 0.6) is 0 Å². The molecule has 1 unspecified atom stereocenters. The molecule has 106 valence electrons. The molecule has 1 atom stereocenters. The molecular weight excluding hydrogens is 250 g/mol. The zero-order valence-corrected chi connectivity index (χ0v) is 11.3. The van der Waals surface area contributed by atoms with E-state index in [2.05, 4.69) is 10.3 Å². The molecule has 0 amide bonds. The van der Waals surface area contributed by atoms with Crippen molar-refractivity contribution in [1.29, 1.82) is 0 Å². The lowest BCUT2D eigenvalue weighted by Crippen LogP contribution is -2.37. The fourth-order valence-electron chi connectivity index (χ4n) is 1.59. The van der Waals surface area contributed by atoms with Gasteiger partial charge in [-0.2, -0.15) is 0 Å². The van der Waals surface area contributed by atoms with Gasteiger partial charge in [-0.25, -0.2) is 9.78 Å². The first-order valence-corrected chi connectivity index (χ1v) is 5.99. The number of ether oxygens (including phenoxy) is 1. The van der Waals surface area contributed by atoms with Gasteiger partial charge in [0.15, 0.2) is 5.82 Å². The average Bonchev–Trinajstić information content (AvgIpc) is 2.32. The molecule has 0 aliphatic carbocycles. The van der Waals surface area contributed by atoms with Gasteiger partial charge < -0.3 is 19.7 Å². The number of aromatic nitrogens is 2. The molecule has 7 nitrogen and oxygen atoms in total. The zero-order valence-electron chi connectivity index (χ0n) is 11.3. The molecular formula is C12H19N3O4. The lowest BCUT2D eigenvalue weighted by atomic mass is 10.2. The second kappa shape index (κ2) is 6.89. The summed E-state index contributed by atoms with van der Waals surface area (Å²) in [4.78, 5) is 26.9. The minimum absolute atomic E-state index is 0.0209. The van der Waals surface area contributed by atoms with Gasteiger partial charge in [0.25, 0.3) is 5.56 Å². The quantitative estimate of drug-likeness (QED) is 0.744. The predicted octanol–water partition coefficient (Wildman–Crippen LogP) is 0.411. The summed E-state index contributed by atoms with van der Waals surface area (Å²) >= 11 is 0. The Hall–Kier alpha value is -1.89. The fraction of sp³-hybridized carbons (Fsp3) is 0.583. The third-order valence-corrected chi connectivity index (χ3v) is 2.42. The lowest BCUT2D eigenvalue weighted by Gasteiger charge is -2.15. The van der Waals surface area contributed by atoms with E-state index >= 15 is 0 Å². The van der Waals surface area contributed by atoms with Gasteiger partial charge in [-0.05, 0) is 5.92 Å². The van der Waals surface area contributed by atoms with Gasteiger partial charge in [0.1, 0.15) is 6.04 Å². The van der Waals surface area contributed by atoms with E-state index in [0.717, 1.165) is 0 Å². The summed E-state index contributed by atoms with van der Waals surface area (Å²) in [6.45, 7) is 4.49. The van der Waals surface area contributed by atoms with Crippen molar-refractivity contribution in [2.75, 3.05) is 19.0 Å². The maximum atomic E-state index is 12.1. The number of hydrogen-bond donors (Lipinski definition) is 2. The van der Waals surface area contributed by atoms with Gasteiger partial charge in [0.2, 0.25) is 0 Å². The summed E-state index contributed by atoms with van der Waals surface area (Å²) in [6, 6.07) is -1.000. The molecule has 0 fully saturated rings. The van der Waals surface area contributed by atoms with E-state index in [-0.39, 0.29) is 18.0 Å². The lowest BCUT2D eigenvalue weighted by molar-refractivity contribution is -0.139. The summed E-state index contributed by atoms with van der Waals surface area (Å²) in [5, 5.41) is 11.6. The number of carboxylic acids is 1. The number of anilines is 1. The van der Waals surface area contributed by atoms with Crippen molar-refractivity contribution in [2.45, 2.75) is 26.4 Å². The molecule has 1 heterocycles. The highest BCUT2D eigenvalue weighted by atomic mass is 16.5. The normalized spacial score (nSPS) is 12.4. The molecule has 7 heteroatoms. The first-order chi connectivity index (χ1) is 8.95. The van der Waals surface area contributed by atoms with E-state index in [4.69, 9.17) is 9.84 Å². The molecule has 1 aromatic rings. The fourth-order valence-corrected chi connectivity index (χ4v) is 1.59. The minimum Gasteiger partial charge on any atom is -0.480 e. The smallest absolute Gasteiger partial charge is 0.328 e. The Labute approximate surface area is 111 Å². The number of carboxylic acid groups (broad SMARTS) is 1. The highest BCUT2D eigenvalue weighted by Gasteiger charge is 2.19. The Kier molecular flexibility index (Phi) is 5.50. The van der Waals surface area contributed by atoms with Crippen molar-refractivity contribution >= 4 is 11.8 Å². The molecule has 0 aliphatic heterocycles. The van der Waals surface area contributed by atoms with Crippen LogP contribution in [-0.2, 0) is 16.1 Å². The van der Waals surface area contributed by atoms with Crippen LogP contribution in [-0.4, -0.2) is 40.4 Å². The summed E-state index contributed by atoms with van der Waals surface area (Å²) in [5.74, 6) is -0.767. The number of rotatable bonds is 7. The first kappa shape index (κ1) is 15.2. The van der Waals surface area contributed by atoms with Crippen LogP contribution in [0.1, 0.15) is 13.8 Å². The van der Waals surface area contributed by atoms with Crippen LogP contribution in [0.3, 0.4) is 0 Å². The van der Waals surface area contributed by atoms with E-state index in [9.17, 15) is 9.59 Å². The van der Waals surface area contributed by atoms with Crippen LogP contribution >= 0.6 is 0 Å². The predicted molar refractivity (Wildman–Crippen MR) is 70.3 cm³/mol. The highest BCUT2D eigenvalue weighted by Crippen LogP contribution is 2.01. The summed E-state index contributed by atoms with van der Waals surface area (Å²) in [7, 11) is 1.40. The molecule has 1 aromatic heterocycles. The first-order valence-electron chi connectivity index (χ1n) is 5.99. The van der Waals surface area contributed by atoms with Crippen LogP contribution in [0.25, 0.3) is 0 Å². The number of nitrogens with zero attached hydrogens (tertiary/aromatic N) is 2. The third kappa shape index (κ3) is 4.36. The van der Waals surface area contributed by atoms with Gasteiger partial charge in [-0.1, -0.05) is 13.8 Å². The summed E-state index contributed by atoms with van der Waals surface area (Å²) in [5.41, 5.74) is -0.335. The number of methoxy groups -OCH3 is 1. The molecule has 0 saturated heterocycles. The zero-order chi connectivity index (χ0) is 14.4. The molecule has 0 saturated carbocycles. The van der Waals surface area contributed by atoms with Gasteiger partial charge in [-0.3, -0.25) is 4.79 Å². The van der Waals surface area contributed by atoms with Crippen molar-refractivity contribution in [1.82, 2.24) is 9.55 Å². The van der Waals surface area contributed by atoms with E-state index in [1.54, 1.807) is 6.20 Å². The van der Waals surface area contributed by atoms with Crippen LogP contribution in [0.15, 0.2) is 17.2 Å². The number of carbonyl (C=O) groups is 1. The van der Waals surface area contributed by atoms with E-state index in [0.29, 0.717) is 12.5 Å². The molecule has 2 N–H and O–H groups in total. The SMILES string of the molecule is COCC(Nc1nccn(CC(C)C)c1=O)C(=O)O. The second-order valence-electron chi connectivity index (χ2n) is 4.62. The molecule has 0 bridgehead atoms. The van der Waals surface area contributed by atoms with Crippen molar-refractivity contribution in [3.63, 3.8) is 0 Å². The standard InChI is InChI=1S/C12H19N3O4/c1-8(2)6-15-5-4-13-10(11(15)16)14-9(7-19-3)12(17)18/h4-5,8-9H,6-7H2,1-3H3,(H,13,14)(H,17,18). The Balaban J connectivity index is 2.94. The monoisotopic (exact) mass is 269 g/mol. The van der Waals surface area contributed by atoms with Crippen molar-refractivity contribution < 1.29 is 14.6 Å². The summed E-state index contributed by atoms with van der Waals surface area (Å²) in [6.07, 6.45) is 3.05. The number of nitrogens with one attached hydrogen (secondary N) is 1. The van der Waals surface area contributed by atoms with E-state index < -0.39 is 12.0 Å². The van der Waals surface area contributed by atoms with E-state index in [1.165, 1.54) is 17.9 Å². The number of hydrogen-bond acceptors (Lipinski definition) is 5. The van der Waals surface area contributed by atoms with Crippen LogP contribution < -0.4 is 10.9 Å². The molecule has 19 heavy (non-hydrogen) atoms. The van der Waals surface area contributed by atoms with Crippen molar-refractivity contribution in [3.8, 4) is 0 Å². The molecule has 1 rings (SSSR count). The topological polar surface area (TPSA) is 93.5 Å². The van der Waals surface area contributed by atoms with Gasteiger partial charge in [0.05, 0.1) is 6.61 Å². The van der Waals surface area contributed by atoms with Crippen LogP contribution in [0, 0.1) is 5.92 Å². The Morgan fingerprint density at radius 2 is 2.26 bits per heavy atom. The highest BCUT2D eigenvalue weighted by molar-refractivity contribution is 5.76. The Morgan fingerprint density at radius 1 is 1.58 bits per heavy atom. The maximum absolute atomic E-state index is 12.1. The molecule has 0 aliphatic rings. The van der Waals surface area contributed by atoms with Crippen molar-refractivity contribution in [3.05, 3.63) is 22.7 Å². The molecule has 0 radical (unpaired) electrons. The Morgan fingerprint density at radius 3 is 2.79 bits per heavy atom. The van der Waals surface area contributed by atoms with E-state index in [1.807, 2.05) is 13.8 Å². The maximum Gasteiger partial charge on any atom is 0.328 e. The molecule has 0 aromatic carbocycles. The second-order valence-corrected chi connectivity index (χ2v) is 4.62. The largest absolute Gasteiger partial charge is 0.480 e. The van der Waals surface area contributed by atoms with Crippen LogP contribution in [0.2, 0.25) is 0 Å². The van der Waals surface area contributed by atoms with Gasteiger partial charge in [0, 0.05) is 26.0 Å². The van der Waals surface area contributed by atoms with Crippen molar-refractivity contribution in [2.24, 2.45) is 5.92 Å². The van der Waals surface area contributed by atoms with Gasteiger partial charge >= 0.3 is 5.97 Å². The van der Waals surface area contributed by atoms with Crippen LogP contribution in [0.4, 0.5) is 5.82 Å². The number of aliphatic carboxylic acids is 1. The molecule has 0 spiro atoms. The van der Waals surface area contributed by atoms with Gasteiger partial charge in [-0.15, -0.1) is 0 Å². The minimum atomic E-state index is -1.10. The Bertz CT molecular complexity index is 484. The third-order valence-electron chi connectivity index (χ3n) is 2.42. The summed E-state index contributed by atoms with van der Waals surface area (Å²) < 4.78 is 6.30.